The first-order valence-corrected chi connectivity index (χ1v) is 12.0. The number of rotatable bonds is 6. The Morgan fingerprint density at radius 3 is 2.30 bits per heavy atom. The number of hydrogen-bond donors (Lipinski definition) is 0. The molecule has 0 aromatic heterocycles. The minimum Gasteiger partial charge on any atom is -0.496 e. The minimum atomic E-state index is -4.50. The summed E-state index contributed by atoms with van der Waals surface area (Å²) < 4.78 is 44.9. The molecule has 0 bridgehead atoms. The highest BCUT2D eigenvalue weighted by molar-refractivity contribution is 6.23. The molecule has 0 radical (unpaired) electrons. The van der Waals surface area contributed by atoms with Crippen LogP contribution < -0.4 is 9.64 Å². The summed E-state index contributed by atoms with van der Waals surface area (Å²) in [5, 5.41) is 0. The Labute approximate surface area is 212 Å². The van der Waals surface area contributed by atoms with Crippen LogP contribution in [0.1, 0.15) is 37.4 Å². The first-order chi connectivity index (χ1) is 17.8. The molecule has 1 saturated heterocycles. The van der Waals surface area contributed by atoms with E-state index in [0.29, 0.717) is 24.3 Å². The van der Waals surface area contributed by atoms with Gasteiger partial charge in [-0.2, -0.15) is 13.2 Å². The zero-order chi connectivity index (χ0) is 26.2. The number of amides is 2. The molecule has 0 atom stereocenters. The van der Waals surface area contributed by atoms with Gasteiger partial charge < -0.3 is 9.64 Å². The molecular weight excluding hydrogens is 483 g/mol. The van der Waals surface area contributed by atoms with Crippen LogP contribution >= 0.6 is 0 Å². The van der Waals surface area contributed by atoms with Crippen LogP contribution in [0.4, 0.5) is 18.9 Å². The molecule has 9 heteroatoms. The topological polar surface area (TPSA) is 53.1 Å². The van der Waals surface area contributed by atoms with Crippen LogP contribution in [-0.2, 0) is 19.3 Å². The maximum atomic E-state index is 13.4. The van der Waals surface area contributed by atoms with E-state index >= 15 is 0 Å². The van der Waals surface area contributed by atoms with E-state index in [-0.39, 0.29) is 17.7 Å². The van der Waals surface area contributed by atoms with Gasteiger partial charge in [-0.1, -0.05) is 36.4 Å². The second kappa shape index (κ2) is 9.89. The third-order valence-corrected chi connectivity index (χ3v) is 6.87. The monoisotopic (exact) mass is 509 g/mol. The summed E-state index contributed by atoms with van der Waals surface area (Å²) >= 11 is 0. The smallest absolute Gasteiger partial charge is 0.416 e. The van der Waals surface area contributed by atoms with Crippen molar-refractivity contribution in [3.05, 3.63) is 94.5 Å². The summed E-state index contributed by atoms with van der Waals surface area (Å²) in [4.78, 5) is 31.9. The Bertz CT molecular complexity index is 1330. The van der Waals surface area contributed by atoms with Crippen LogP contribution in [0.25, 0.3) is 0 Å². The number of anilines is 1. The molecule has 2 aliphatic heterocycles. The molecule has 5 rings (SSSR count). The number of ether oxygens (including phenoxy) is 1. The second-order valence-corrected chi connectivity index (χ2v) is 9.17. The molecule has 2 amide bonds. The summed E-state index contributed by atoms with van der Waals surface area (Å²) in [7, 11) is 1.65. The number of para-hydroxylation sites is 1. The van der Waals surface area contributed by atoms with Gasteiger partial charge in [0.15, 0.2) is 0 Å². The van der Waals surface area contributed by atoms with E-state index in [9.17, 15) is 22.8 Å². The molecule has 3 aromatic rings. The molecule has 0 saturated carbocycles. The Balaban J connectivity index is 1.31. The van der Waals surface area contributed by atoms with Gasteiger partial charge in [-0.3, -0.25) is 19.4 Å². The molecular formula is C28H26F3N3O3. The summed E-state index contributed by atoms with van der Waals surface area (Å²) in [6.45, 7) is 3.38. The number of alkyl halides is 3. The van der Waals surface area contributed by atoms with Crippen molar-refractivity contribution in [2.75, 3.05) is 38.2 Å². The third kappa shape index (κ3) is 4.91. The van der Waals surface area contributed by atoms with Gasteiger partial charge in [0.25, 0.3) is 11.8 Å². The maximum absolute atomic E-state index is 13.4. The summed E-state index contributed by atoms with van der Waals surface area (Å²) in [6, 6.07) is 17.8. The van der Waals surface area contributed by atoms with E-state index in [1.807, 2.05) is 30.3 Å². The molecule has 192 valence electrons. The third-order valence-electron chi connectivity index (χ3n) is 6.87. The fourth-order valence-corrected chi connectivity index (χ4v) is 4.97. The van der Waals surface area contributed by atoms with Crippen molar-refractivity contribution in [3.8, 4) is 5.75 Å². The van der Waals surface area contributed by atoms with Gasteiger partial charge >= 0.3 is 6.18 Å². The van der Waals surface area contributed by atoms with Gasteiger partial charge in [0.1, 0.15) is 5.75 Å². The van der Waals surface area contributed by atoms with Gasteiger partial charge in [0.05, 0.1) is 36.0 Å². The van der Waals surface area contributed by atoms with E-state index in [1.54, 1.807) is 19.2 Å². The molecule has 0 spiro atoms. The van der Waals surface area contributed by atoms with Crippen LogP contribution in [0, 0.1) is 0 Å². The lowest BCUT2D eigenvalue weighted by Crippen LogP contribution is -2.46. The van der Waals surface area contributed by atoms with Crippen molar-refractivity contribution in [1.29, 1.82) is 0 Å². The quantitative estimate of drug-likeness (QED) is 0.446. The number of piperazine rings is 1. The zero-order valence-corrected chi connectivity index (χ0v) is 20.3. The Hall–Kier alpha value is -3.85. The van der Waals surface area contributed by atoms with Crippen molar-refractivity contribution in [3.63, 3.8) is 0 Å². The predicted molar refractivity (Wildman–Crippen MR) is 133 cm³/mol. The van der Waals surface area contributed by atoms with Crippen molar-refractivity contribution >= 4 is 17.5 Å². The fourth-order valence-electron chi connectivity index (χ4n) is 4.97. The molecule has 2 heterocycles. The molecule has 37 heavy (non-hydrogen) atoms. The summed E-state index contributed by atoms with van der Waals surface area (Å²) in [6.07, 6.45) is -4.50. The average molecular weight is 510 g/mol. The van der Waals surface area contributed by atoms with E-state index in [0.717, 1.165) is 48.0 Å². The summed E-state index contributed by atoms with van der Waals surface area (Å²) in [5.41, 5.74) is 1.82. The number of benzene rings is 3. The summed E-state index contributed by atoms with van der Waals surface area (Å²) in [5.74, 6) is -0.130. The highest BCUT2D eigenvalue weighted by Gasteiger charge is 2.39. The number of fused-ring (bicyclic) bond motifs is 1. The number of imide groups is 1. The standard InChI is InChI=1S/C28H26F3N3O3/c1-37-24-11-3-2-7-20(24)18-32-12-14-33(15-13-32)23-10-5-9-22-25(23)27(36)34(26(22)35)17-19-6-4-8-21(16-19)28(29,30)31/h2-11,16H,12-15,17-18H2,1H3. The molecule has 1 fully saturated rings. The number of methoxy groups -OCH3 is 1. The highest BCUT2D eigenvalue weighted by atomic mass is 19.4. The largest absolute Gasteiger partial charge is 0.496 e. The SMILES string of the molecule is COc1ccccc1CN1CCN(c2cccc3c2C(=O)N(Cc2cccc(C(F)(F)F)c2)C3=O)CC1. The fraction of sp³-hybridized carbons (Fsp3) is 0.286. The van der Waals surface area contributed by atoms with E-state index in [4.69, 9.17) is 4.74 Å². The number of nitrogens with zero attached hydrogens (tertiary/aromatic N) is 3. The van der Waals surface area contributed by atoms with Crippen molar-refractivity contribution in [2.45, 2.75) is 19.3 Å². The van der Waals surface area contributed by atoms with Crippen LogP contribution in [0.15, 0.2) is 66.7 Å². The van der Waals surface area contributed by atoms with Crippen molar-refractivity contribution in [2.24, 2.45) is 0 Å². The van der Waals surface area contributed by atoms with Crippen LogP contribution in [0.3, 0.4) is 0 Å². The van der Waals surface area contributed by atoms with Gasteiger partial charge in [0, 0.05) is 38.3 Å². The van der Waals surface area contributed by atoms with Gasteiger partial charge in [-0.05, 0) is 35.9 Å². The predicted octanol–water partition coefficient (Wildman–Crippen LogP) is 4.83. The molecule has 0 aliphatic carbocycles. The Morgan fingerprint density at radius 1 is 0.838 bits per heavy atom. The number of carbonyl (C=O) groups is 2. The van der Waals surface area contributed by atoms with E-state index in [1.165, 1.54) is 12.1 Å². The van der Waals surface area contributed by atoms with Gasteiger partial charge in [-0.25, -0.2) is 0 Å². The normalized spacial score (nSPS) is 16.3. The first-order valence-electron chi connectivity index (χ1n) is 12.0. The molecule has 3 aromatic carbocycles. The number of carbonyl (C=O) groups excluding carboxylic acids is 2. The van der Waals surface area contributed by atoms with Gasteiger partial charge in [0.2, 0.25) is 0 Å². The van der Waals surface area contributed by atoms with Crippen LogP contribution in [0.2, 0.25) is 0 Å². The van der Waals surface area contributed by atoms with E-state index < -0.39 is 23.6 Å². The first kappa shape index (κ1) is 24.8. The molecule has 0 unspecified atom stereocenters. The highest BCUT2D eigenvalue weighted by Crippen LogP contribution is 2.34. The average Bonchev–Trinajstić information content (AvgIpc) is 3.14. The van der Waals surface area contributed by atoms with Crippen LogP contribution in [-0.4, -0.2) is 54.9 Å². The lowest BCUT2D eigenvalue weighted by atomic mass is 10.1. The van der Waals surface area contributed by atoms with E-state index in [2.05, 4.69) is 9.80 Å². The van der Waals surface area contributed by atoms with Crippen LogP contribution in [0.5, 0.6) is 5.75 Å². The lowest BCUT2D eigenvalue weighted by molar-refractivity contribution is -0.137. The van der Waals surface area contributed by atoms with Crippen molar-refractivity contribution < 1.29 is 27.5 Å². The molecule has 6 nitrogen and oxygen atoms in total. The maximum Gasteiger partial charge on any atom is 0.416 e. The molecule has 2 aliphatic rings. The molecule has 0 N–H and O–H groups in total. The van der Waals surface area contributed by atoms with Crippen molar-refractivity contribution in [1.82, 2.24) is 9.80 Å². The lowest BCUT2D eigenvalue weighted by Gasteiger charge is -2.37. The number of hydrogen-bond acceptors (Lipinski definition) is 5. The Kier molecular flexibility index (Phi) is 6.64. The minimum absolute atomic E-state index is 0.220. The Morgan fingerprint density at radius 2 is 1.57 bits per heavy atom. The second-order valence-electron chi connectivity index (χ2n) is 9.17. The van der Waals surface area contributed by atoms with Gasteiger partial charge in [-0.15, -0.1) is 0 Å². The number of halogens is 3. The zero-order valence-electron chi connectivity index (χ0n) is 20.3.